The number of fused-ring (bicyclic) bond motifs is 1. The molecule has 1 aromatic heterocycles. The molecule has 1 amide bonds. The van der Waals surface area contributed by atoms with Crippen LogP contribution in [0.1, 0.15) is 47.7 Å². The van der Waals surface area contributed by atoms with Crippen molar-refractivity contribution in [3.05, 3.63) is 28.6 Å². The van der Waals surface area contributed by atoms with E-state index in [0.717, 1.165) is 4.70 Å². The van der Waals surface area contributed by atoms with Crippen LogP contribution in [0, 0.1) is 0 Å². The molecule has 1 heterocycles. The zero-order valence-corrected chi connectivity index (χ0v) is 18.2. The molecule has 0 saturated carbocycles. The van der Waals surface area contributed by atoms with Gasteiger partial charge in [0.15, 0.2) is 0 Å². The van der Waals surface area contributed by atoms with E-state index in [1.807, 2.05) is 6.92 Å². The molecule has 8 nitrogen and oxygen atoms in total. The number of esters is 2. The summed E-state index contributed by atoms with van der Waals surface area (Å²) in [6.07, 6.45) is -0.525. The van der Waals surface area contributed by atoms with Crippen LogP contribution in [0.15, 0.2) is 18.2 Å². The molecule has 1 unspecified atom stereocenters. The van der Waals surface area contributed by atoms with Gasteiger partial charge in [0.25, 0.3) is 0 Å². The molecule has 9 heteroatoms. The Hall–Kier alpha value is -2.81. The minimum atomic E-state index is -0.594. The fourth-order valence-electron chi connectivity index (χ4n) is 2.57. The van der Waals surface area contributed by atoms with E-state index < -0.39 is 23.6 Å². The Kier molecular flexibility index (Phi) is 7.07. The Balaban J connectivity index is 2.26. The third-order valence-electron chi connectivity index (χ3n) is 3.83. The van der Waals surface area contributed by atoms with E-state index in [2.05, 4.69) is 10.6 Å². The summed E-state index contributed by atoms with van der Waals surface area (Å²) in [7, 11) is 2.62. The molecule has 29 heavy (non-hydrogen) atoms. The van der Waals surface area contributed by atoms with Crippen molar-refractivity contribution in [1.29, 1.82) is 0 Å². The highest BCUT2D eigenvalue weighted by Gasteiger charge is 2.22. The second-order valence-corrected chi connectivity index (χ2v) is 8.48. The molecule has 1 atom stereocenters. The highest BCUT2D eigenvalue weighted by molar-refractivity contribution is 7.21. The summed E-state index contributed by atoms with van der Waals surface area (Å²) in [5, 5.41) is 6.63. The first-order chi connectivity index (χ1) is 13.6. The largest absolute Gasteiger partial charge is 0.465 e. The quantitative estimate of drug-likeness (QED) is 0.539. The number of rotatable bonds is 6. The molecule has 0 spiro atoms. The molecular weight excluding hydrogens is 396 g/mol. The summed E-state index contributed by atoms with van der Waals surface area (Å²) in [6, 6.07) is 4.78. The van der Waals surface area contributed by atoms with Gasteiger partial charge in [-0.05, 0) is 45.9 Å². The molecule has 2 rings (SSSR count). The Morgan fingerprint density at radius 3 is 2.34 bits per heavy atom. The molecule has 1 aromatic carbocycles. The highest BCUT2D eigenvalue weighted by atomic mass is 32.1. The number of nitrogens with one attached hydrogen (secondary N) is 2. The van der Waals surface area contributed by atoms with Gasteiger partial charge < -0.3 is 24.8 Å². The van der Waals surface area contributed by atoms with Crippen LogP contribution < -0.4 is 10.6 Å². The number of alkyl carbamates (subject to hydrolysis) is 1. The molecule has 0 aliphatic carbocycles. The van der Waals surface area contributed by atoms with Gasteiger partial charge in [0.1, 0.15) is 10.5 Å². The van der Waals surface area contributed by atoms with Gasteiger partial charge in [0, 0.05) is 22.7 Å². The van der Waals surface area contributed by atoms with Crippen molar-refractivity contribution in [2.75, 3.05) is 26.1 Å². The van der Waals surface area contributed by atoms with Crippen molar-refractivity contribution in [3.63, 3.8) is 0 Å². The lowest BCUT2D eigenvalue weighted by Crippen LogP contribution is -2.40. The second-order valence-electron chi connectivity index (χ2n) is 7.43. The van der Waals surface area contributed by atoms with Gasteiger partial charge in [0.05, 0.1) is 25.5 Å². The van der Waals surface area contributed by atoms with Crippen LogP contribution in [0.2, 0.25) is 0 Å². The van der Waals surface area contributed by atoms with Gasteiger partial charge in [0.2, 0.25) is 0 Å². The van der Waals surface area contributed by atoms with Crippen LogP contribution in [0.5, 0.6) is 0 Å². The Morgan fingerprint density at radius 1 is 1.10 bits per heavy atom. The number of methoxy groups -OCH3 is 2. The molecule has 2 N–H and O–H groups in total. The molecule has 0 aliphatic heterocycles. The van der Waals surface area contributed by atoms with E-state index in [0.29, 0.717) is 28.1 Å². The molecule has 158 valence electrons. The molecule has 0 saturated heterocycles. The molecule has 0 fully saturated rings. The number of hydrogen-bond acceptors (Lipinski definition) is 8. The van der Waals surface area contributed by atoms with E-state index in [4.69, 9.17) is 14.2 Å². The number of amides is 1. The predicted octanol–water partition coefficient (Wildman–Crippen LogP) is 3.80. The number of anilines is 1. The van der Waals surface area contributed by atoms with Gasteiger partial charge in [-0.25, -0.2) is 14.4 Å². The van der Waals surface area contributed by atoms with Crippen LogP contribution in [0.3, 0.4) is 0 Å². The van der Waals surface area contributed by atoms with Crippen LogP contribution in [-0.4, -0.2) is 50.4 Å². The summed E-state index contributed by atoms with van der Waals surface area (Å²) in [4.78, 5) is 36.4. The molecule has 0 bridgehead atoms. The zero-order chi connectivity index (χ0) is 21.8. The standard InChI is InChI=1S/C20H26N2O6S/c1-11(22-19(25)28-20(2,3)4)10-21-15-13-9-12(17(23)26-5)7-8-14(13)29-16(15)18(24)27-6/h7-9,11,21H,10H2,1-6H3,(H,22,25). The first-order valence-corrected chi connectivity index (χ1v) is 9.84. The average Bonchev–Trinajstić information content (AvgIpc) is 3.01. The Morgan fingerprint density at radius 2 is 1.76 bits per heavy atom. The zero-order valence-electron chi connectivity index (χ0n) is 17.4. The van der Waals surface area contributed by atoms with Crippen LogP contribution in [0.4, 0.5) is 10.5 Å². The topological polar surface area (TPSA) is 103 Å². The smallest absolute Gasteiger partial charge is 0.407 e. The fourth-order valence-corrected chi connectivity index (χ4v) is 3.65. The van der Waals surface area contributed by atoms with E-state index in [1.54, 1.807) is 39.0 Å². The maximum atomic E-state index is 12.2. The van der Waals surface area contributed by atoms with Crippen molar-refractivity contribution in [1.82, 2.24) is 5.32 Å². The van der Waals surface area contributed by atoms with Gasteiger partial charge in [-0.3, -0.25) is 0 Å². The summed E-state index contributed by atoms with van der Waals surface area (Å²) in [6.45, 7) is 7.50. The van der Waals surface area contributed by atoms with Crippen LogP contribution in [0.25, 0.3) is 10.1 Å². The average molecular weight is 423 g/mol. The molecule has 2 aromatic rings. The second kappa shape index (κ2) is 9.13. The third-order valence-corrected chi connectivity index (χ3v) is 4.98. The lowest BCUT2D eigenvalue weighted by molar-refractivity contribution is 0.0508. The lowest BCUT2D eigenvalue weighted by atomic mass is 10.1. The SMILES string of the molecule is COC(=O)c1ccc2sc(C(=O)OC)c(NCC(C)NC(=O)OC(C)(C)C)c2c1. The lowest BCUT2D eigenvalue weighted by Gasteiger charge is -2.22. The molecule has 0 radical (unpaired) electrons. The van der Waals surface area contributed by atoms with E-state index >= 15 is 0 Å². The summed E-state index contributed by atoms with van der Waals surface area (Å²) in [5.41, 5.74) is 0.320. The van der Waals surface area contributed by atoms with Crippen LogP contribution >= 0.6 is 11.3 Å². The van der Waals surface area contributed by atoms with E-state index in [9.17, 15) is 14.4 Å². The van der Waals surface area contributed by atoms with Crippen molar-refractivity contribution in [2.45, 2.75) is 39.3 Å². The number of thiophene rings is 1. The number of carbonyl (C=O) groups is 3. The summed E-state index contributed by atoms with van der Waals surface area (Å²) in [5.74, 6) is -0.954. The first-order valence-electron chi connectivity index (χ1n) is 9.02. The van der Waals surface area contributed by atoms with Gasteiger partial charge in [-0.1, -0.05) is 0 Å². The highest BCUT2D eigenvalue weighted by Crippen LogP contribution is 2.37. The minimum Gasteiger partial charge on any atom is -0.465 e. The normalized spacial score (nSPS) is 12.2. The van der Waals surface area contributed by atoms with Gasteiger partial charge in [-0.2, -0.15) is 0 Å². The van der Waals surface area contributed by atoms with E-state index in [-0.39, 0.29) is 6.04 Å². The Labute approximate surface area is 173 Å². The first kappa shape index (κ1) is 22.5. The fraction of sp³-hybridized carbons (Fsp3) is 0.450. The van der Waals surface area contributed by atoms with Crippen molar-refractivity contribution in [2.24, 2.45) is 0 Å². The summed E-state index contributed by atoms with van der Waals surface area (Å²) >= 11 is 1.26. The number of benzene rings is 1. The third kappa shape index (κ3) is 5.83. The Bertz CT molecular complexity index is 916. The monoisotopic (exact) mass is 422 g/mol. The van der Waals surface area contributed by atoms with Crippen molar-refractivity contribution >= 4 is 45.1 Å². The summed E-state index contributed by atoms with van der Waals surface area (Å²) < 4.78 is 15.7. The maximum absolute atomic E-state index is 12.2. The van der Waals surface area contributed by atoms with Crippen molar-refractivity contribution in [3.8, 4) is 0 Å². The maximum Gasteiger partial charge on any atom is 0.407 e. The molecule has 0 aliphatic rings. The number of hydrogen-bond donors (Lipinski definition) is 2. The van der Waals surface area contributed by atoms with Gasteiger partial charge in [-0.15, -0.1) is 11.3 Å². The minimum absolute atomic E-state index is 0.283. The number of carbonyl (C=O) groups excluding carboxylic acids is 3. The number of ether oxygens (including phenoxy) is 3. The van der Waals surface area contributed by atoms with Crippen molar-refractivity contribution < 1.29 is 28.6 Å². The molecular formula is C20H26N2O6S. The van der Waals surface area contributed by atoms with Crippen LogP contribution in [-0.2, 0) is 14.2 Å². The predicted molar refractivity (Wildman–Crippen MR) is 112 cm³/mol. The van der Waals surface area contributed by atoms with E-state index in [1.165, 1.54) is 25.6 Å². The van der Waals surface area contributed by atoms with Gasteiger partial charge >= 0.3 is 18.0 Å².